The number of nitrogens with one attached hydrogen (secondary N) is 2. The second-order valence-corrected chi connectivity index (χ2v) is 7.35. The van der Waals surface area contributed by atoms with Crippen LogP contribution in [0.1, 0.15) is 32.8 Å². The van der Waals surface area contributed by atoms with Crippen molar-refractivity contribution in [1.29, 1.82) is 0 Å². The van der Waals surface area contributed by atoms with Crippen LogP contribution in [0.3, 0.4) is 0 Å². The molecular weight excluding hydrogens is 374 g/mol. The fourth-order valence-corrected chi connectivity index (χ4v) is 4.58. The predicted octanol–water partition coefficient (Wildman–Crippen LogP) is 4.05. The van der Waals surface area contributed by atoms with Crippen LogP contribution in [0, 0.1) is 17.0 Å². The fraction of sp³-hybridized carbons (Fsp3) is 0.294. The number of nitro benzene ring substituents is 1. The molecule has 0 saturated heterocycles. The van der Waals surface area contributed by atoms with Gasteiger partial charge in [0.1, 0.15) is 5.00 Å². The summed E-state index contributed by atoms with van der Waals surface area (Å²) in [5, 5.41) is 18.0. The first kappa shape index (κ1) is 18.3. The highest BCUT2D eigenvalue weighted by Gasteiger charge is 2.27. The molecule has 26 heavy (non-hydrogen) atoms. The van der Waals surface area contributed by atoms with Crippen molar-refractivity contribution < 1.29 is 14.5 Å². The molecular formula is C17H17N3O4S2. The number of thiocarbonyl (C=S) groups is 1. The lowest BCUT2D eigenvalue weighted by molar-refractivity contribution is -0.385. The number of anilines is 2. The maximum atomic E-state index is 12.2. The Labute approximate surface area is 159 Å². The van der Waals surface area contributed by atoms with Crippen LogP contribution < -0.4 is 10.6 Å². The van der Waals surface area contributed by atoms with Gasteiger partial charge in [-0.25, -0.2) is 4.79 Å². The first-order valence-electron chi connectivity index (χ1n) is 7.97. The Morgan fingerprint density at radius 3 is 2.81 bits per heavy atom. The average Bonchev–Trinajstić information content (AvgIpc) is 3.16. The van der Waals surface area contributed by atoms with Gasteiger partial charge in [0.2, 0.25) is 0 Å². The second kappa shape index (κ2) is 7.38. The number of nitrogens with zero attached hydrogens (tertiary/aromatic N) is 1. The predicted molar refractivity (Wildman–Crippen MR) is 105 cm³/mol. The van der Waals surface area contributed by atoms with Crippen molar-refractivity contribution in [1.82, 2.24) is 0 Å². The number of benzene rings is 1. The Kier molecular flexibility index (Phi) is 5.19. The molecule has 1 aliphatic rings. The number of esters is 1. The molecule has 9 heteroatoms. The SMILES string of the molecule is COC(=O)c1c(NC(=S)Nc2cccc([N+](=O)[O-])c2C)sc2c1CCC2. The van der Waals surface area contributed by atoms with Gasteiger partial charge in [-0.05, 0) is 50.0 Å². The lowest BCUT2D eigenvalue weighted by atomic mass is 10.1. The third-order valence-corrected chi connectivity index (χ3v) is 5.70. The first-order valence-corrected chi connectivity index (χ1v) is 9.19. The molecule has 0 radical (unpaired) electrons. The van der Waals surface area contributed by atoms with E-state index in [0.717, 1.165) is 24.8 Å². The molecule has 0 atom stereocenters. The summed E-state index contributed by atoms with van der Waals surface area (Å²) in [5.74, 6) is -0.388. The molecule has 0 saturated carbocycles. The van der Waals surface area contributed by atoms with E-state index in [0.29, 0.717) is 21.8 Å². The Morgan fingerprint density at radius 2 is 2.12 bits per heavy atom. The van der Waals surface area contributed by atoms with E-state index in [-0.39, 0.29) is 16.8 Å². The van der Waals surface area contributed by atoms with Crippen LogP contribution in [0.4, 0.5) is 16.4 Å². The summed E-state index contributed by atoms with van der Waals surface area (Å²) in [7, 11) is 1.36. The van der Waals surface area contributed by atoms with E-state index >= 15 is 0 Å². The van der Waals surface area contributed by atoms with Gasteiger partial charge in [-0.1, -0.05) is 6.07 Å². The first-order chi connectivity index (χ1) is 12.4. The molecule has 0 bridgehead atoms. The van der Waals surface area contributed by atoms with Gasteiger partial charge >= 0.3 is 5.97 Å². The van der Waals surface area contributed by atoms with Crippen molar-refractivity contribution in [2.24, 2.45) is 0 Å². The van der Waals surface area contributed by atoms with Crippen molar-refractivity contribution in [3.63, 3.8) is 0 Å². The summed E-state index contributed by atoms with van der Waals surface area (Å²) < 4.78 is 4.91. The van der Waals surface area contributed by atoms with Gasteiger partial charge in [0.05, 0.1) is 28.8 Å². The number of methoxy groups -OCH3 is 1. The number of aryl methyl sites for hydroxylation is 1. The Balaban J connectivity index is 1.83. The van der Waals surface area contributed by atoms with Crippen molar-refractivity contribution in [3.8, 4) is 0 Å². The van der Waals surface area contributed by atoms with Crippen molar-refractivity contribution in [2.45, 2.75) is 26.2 Å². The van der Waals surface area contributed by atoms with Gasteiger partial charge in [-0.2, -0.15) is 0 Å². The summed E-state index contributed by atoms with van der Waals surface area (Å²) >= 11 is 6.83. The van der Waals surface area contributed by atoms with Gasteiger partial charge in [-0.15, -0.1) is 11.3 Å². The number of hydrogen-bond acceptors (Lipinski definition) is 6. The minimum absolute atomic E-state index is 0.0168. The molecule has 1 aliphatic carbocycles. The van der Waals surface area contributed by atoms with Crippen LogP contribution in [0.25, 0.3) is 0 Å². The standard InChI is InChI=1S/C17H17N3O4S2/c1-9-11(6-4-7-12(9)20(22)23)18-17(25)19-15-14(16(21)24-2)10-5-3-8-13(10)26-15/h4,6-7H,3,5,8H2,1-2H3,(H2,18,19,25). The number of nitro groups is 1. The quantitative estimate of drug-likeness (QED) is 0.351. The number of ether oxygens (including phenoxy) is 1. The largest absolute Gasteiger partial charge is 0.465 e. The summed E-state index contributed by atoms with van der Waals surface area (Å²) in [5.41, 5.74) is 2.61. The van der Waals surface area contributed by atoms with E-state index in [2.05, 4.69) is 10.6 Å². The lowest BCUT2D eigenvalue weighted by Crippen LogP contribution is -2.21. The highest BCUT2D eigenvalue weighted by atomic mass is 32.1. The smallest absolute Gasteiger partial charge is 0.341 e. The molecule has 136 valence electrons. The molecule has 0 unspecified atom stereocenters. The molecule has 2 aromatic rings. The Bertz CT molecular complexity index is 908. The average molecular weight is 391 g/mol. The Morgan fingerprint density at radius 1 is 1.35 bits per heavy atom. The third kappa shape index (κ3) is 3.40. The number of rotatable bonds is 4. The maximum Gasteiger partial charge on any atom is 0.341 e. The number of thiophene rings is 1. The van der Waals surface area contributed by atoms with E-state index < -0.39 is 4.92 Å². The van der Waals surface area contributed by atoms with Crippen LogP contribution in [0.15, 0.2) is 18.2 Å². The highest BCUT2D eigenvalue weighted by Crippen LogP contribution is 2.39. The Hall–Kier alpha value is -2.52. The summed E-state index contributed by atoms with van der Waals surface area (Å²) in [6.07, 6.45) is 2.82. The summed E-state index contributed by atoms with van der Waals surface area (Å²) in [6.45, 7) is 1.66. The summed E-state index contributed by atoms with van der Waals surface area (Å²) in [4.78, 5) is 24.0. The minimum Gasteiger partial charge on any atom is -0.465 e. The number of fused-ring (bicyclic) bond motifs is 1. The van der Waals surface area contributed by atoms with Crippen LogP contribution in [0.5, 0.6) is 0 Å². The molecule has 1 heterocycles. The zero-order chi connectivity index (χ0) is 18.8. The fourth-order valence-electron chi connectivity index (χ4n) is 3.02. The number of carbonyl (C=O) groups is 1. The van der Waals surface area contributed by atoms with E-state index in [4.69, 9.17) is 17.0 Å². The molecule has 3 rings (SSSR count). The minimum atomic E-state index is -0.434. The summed E-state index contributed by atoms with van der Waals surface area (Å²) in [6, 6.07) is 4.75. The molecule has 1 aromatic heterocycles. The topological polar surface area (TPSA) is 93.5 Å². The van der Waals surface area contributed by atoms with Crippen molar-refractivity contribution in [3.05, 3.63) is 49.9 Å². The van der Waals surface area contributed by atoms with Crippen LogP contribution in [-0.2, 0) is 17.6 Å². The normalized spacial score (nSPS) is 12.4. The van der Waals surface area contributed by atoms with E-state index in [9.17, 15) is 14.9 Å². The monoisotopic (exact) mass is 391 g/mol. The molecule has 1 aromatic carbocycles. The number of carbonyl (C=O) groups excluding carboxylic acids is 1. The van der Waals surface area contributed by atoms with Gasteiger partial charge in [-0.3, -0.25) is 10.1 Å². The van der Waals surface area contributed by atoms with Gasteiger partial charge < -0.3 is 15.4 Å². The lowest BCUT2D eigenvalue weighted by Gasteiger charge is -2.13. The zero-order valence-corrected chi connectivity index (χ0v) is 15.9. The molecule has 7 nitrogen and oxygen atoms in total. The second-order valence-electron chi connectivity index (χ2n) is 5.84. The molecule has 0 aliphatic heterocycles. The van der Waals surface area contributed by atoms with E-state index in [1.54, 1.807) is 19.1 Å². The molecule has 0 amide bonds. The highest BCUT2D eigenvalue weighted by molar-refractivity contribution is 7.80. The van der Waals surface area contributed by atoms with E-state index in [1.807, 2.05) is 0 Å². The van der Waals surface area contributed by atoms with Crippen LogP contribution >= 0.6 is 23.6 Å². The van der Waals surface area contributed by atoms with Crippen LogP contribution in [-0.4, -0.2) is 23.1 Å². The molecule has 0 fully saturated rings. The maximum absolute atomic E-state index is 12.2. The van der Waals surface area contributed by atoms with Crippen molar-refractivity contribution >= 4 is 51.0 Å². The third-order valence-electron chi connectivity index (χ3n) is 4.29. The van der Waals surface area contributed by atoms with E-state index in [1.165, 1.54) is 29.4 Å². The van der Waals surface area contributed by atoms with Gasteiger partial charge in [0.25, 0.3) is 5.69 Å². The van der Waals surface area contributed by atoms with Gasteiger partial charge in [0, 0.05) is 10.9 Å². The molecule has 0 spiro atoms. The van der Waals surface area contributed by atoms with Crippen LogP contribution in [0.2, 0.25) is 0 Å². The van der Waals surface area contributed by atoms with Crippen molar-refractivity contribution in [2.75, 3.05) is 17.7 Å². The number of hydrogen-bond donors (Lipinski definition) is 2. The molecule has 2 N–H and O–H groups in total. The van der Waals surface area contributed by atoms with Gasteiger partial charge in [0.15, 0.2) is 5.11 Å². The zero-order valence-electron chi connectivity index (χ0n) is 14.3.